The van der Waals surface area contributed by atoms with Crippen molar-refractivity contribution >= 4 is 5.91 Å². The quantitative estimate of drug-likeness (QED) is 0.907. The molecular weight excluding hydrogens is 298 g/mol. The zero-order valence-electron chi connectivity index (χ0n) is 14.2. The number of hydrogen-bond donors (Lipinski definition) is 2. The molecule has 0 bridgehead atoms. The molecule has 1 aromatic heterocycles. The van der Waals surface area contributed by atoms with E-state index in [9.17, 15) is 4.79 Å². The fraction of sp³-hybridized carbons (Fsp3) is 0.400. The third kappa shape index (κ3) is 3.82. The Labute approximate surface area is 143 Å². The number of nitrogens with one attached hydrogen (secondary N) is 1. The van der Waals surface area contributed by atoms with Crippen LogP contribution in [0.2, 0.25) is 0 Å². The molecule has 0 radical (unpaired) electrons. The van der Waals surface area contributed by atoms with Crippen molar-refractivity contribution in [2.45, 2.75) is 38.6 Å². The second-order valence-electron chi connectivity index (χ2n) is 6.69. The maximum atomic E-state index is 12.6. The minimum absolute atomic E-state index is 0.0539. The van der Waals surface area contributed by atoms with Gasteiger partial charge in [0.1, 0.15) is 0 Å². The summed E-state index contributed by atoms with van der Waals surface area (Å²) in [4.78, 5) is 16.9. The molecule has 0 saturated heterocycles. The van der Waals surface area contributed by atoms with E-state index in [1.807, 2.05) is 6.07 Å². The summed E-state index contributed by atoms with van der Waals surface area (Å²) in [5.74, 6) is 0.331. The number of nitrogens with two attached hydrogens (primary N) is 1. The third-order valence-corrected chi connectivity index (χ3v) is 4.91. The van der Waals surface area contributed by atoms with Gasteiger partial charge in [0.15, 0.2) is 0 Å². The molecule has 3 N–H and O–H groups in total. The first kappa shape index (κ1) is 16.7. The molecule has 1 aliphatic rings. The molecule has 4 heteroatoms. The number of nitrogens with zero attached hydrogens (tertiary/aromatic N) is 1. The first-order valence-electron chi connectivity index (χ1n) is 8.70. The van der Waals surface area contributed by atoms with Gasteiger partial charge in [-0.05, 0) is 43.9 Å². The van der Waals surface area contributed by atoms with Crippen molar-refractivity contribution < 1.29 is 4.79 Å². The van der Waals surface area contributed by atoms with E-state index in [1.165, 1.54) is 12.0 Å². The molecule has 2 aromatic rings. The van der Waals surface area contributed by atoms with Gasteiger partial charge in [-0.15, -0.1) is 0 Å². The second-order valence-corrected chi connectivity index (χ2v) is 6.69. The number of benzene rings is 1. The molecule has 2 atom stereocenters. The topological polar surface area (TPSA) is 68.0 Å². The number of pyridine rings is 1. The smallest absolute Gasteiger partial charge is 0.253 e. The summed E-state index contributed by atoms with van der Waals surface area (Å²) >= 11 is 0. The average Bonchev–Trinajstić information content (AvgIpc) is 2.63. The van der Waals surface area contributed by atoms with Gasteiger partial charge < -0.3 is 11.1 Å². The molecule has 24 heavy (non-hydrogen) atoms. The molecule has 4 nitrogen and oxygen atoms in total. The zero-order chi connectivity index (χ0) is 16.9. The highest BCUT2D eigenvalue weighted by atomic mass is 16.1. The fourth-order valence-corrected chi connectivity index (χ4v) is 3.40. The van der Waals surface area contributed by atoms with E-state index < -0.39 is 0 Å². The molecule has 0 spiro atoms. The monoisotopic (exact) mass is 323 g/mol. The summed E-state index contributed by atoms with van der Waals surface area (Å²) in [6, 6.07) is 10.3. The van der Waals surface area contributed by atoms with Crippen molar-refractivity contribution in [3.05, 3.63) is 53.9 Å². The Hall–Kier alpha value is -2.20. The van der Waals surface area contributed by atoms with Crippen molar-refractivity contribution in [1.29, 1.82) is 0 Å². The van der Waals surface area contributed by atoms with E-state index in [1.54, 1.807) is 12.4 Å². The Morgan fingerprint density at radius 2 is 1.92 bits per heavy atom. The van der Waals surface area contributed by atoms with E-state index >= 15 is 0 Å². The Morgan fingerprint density at radius 1 is 1.17 bits per heavy atom. The van der Waals surface area contributed by atoms with Gasteiger partial charge in [0.2, 0.25) is 0 Å². The summed E-state index contributed by atoms with van der Waals surface area (Å²) in [7, 11) is 0. The summed E-state index contributed by atoms with van der Waals surface area (Å²) in [6.07, 6.45) is 7.90. The molecular formula is C20H25N3O. The minimum atomic E-state index is -0.0539. The van der Waals surface area contributed by atoms with Crippen LogP contribution < -0.4 is 11.1 Å². The van der Waals surface area contributed by atoms with Gasteiger partial charge >= 0.3 is 0 Å². The second kappa shape index (κ2) is 7.58. The van der Waals surface area contributed by atoms with Crippen LogP contribution in [-0.4, -0.2) is 23.5 Å². The highest BCUT2D eigenvalue weighted by molar-refractivity contribution is 5.95. The minimum Gasteiger partial charge on any atom is -0.349 e. The van der Waals surface area contributed by atoms with E-state index in [4.69, 9.17) is 5.73 Å². The Balaban J connectivity index is 1.75. The Bertz CT molecular complexity index is 696. The lowest BCUT2D eigenvalue weighted by atomic mass is 9.84. The van der Waals surface area contributed by atoms with Crippen LogP contribution in [-0.2, 0) is 0 Å². The van der Waals surface area contributed by atoms with Gasteiger partial charge in [-0.2, -0.15) is 0 Å². The molecule has 1 aromatic carbocycles. The van der Waals surface area contributed by atoms with Gasteiger partial charge in [-0.1, -0.05) is 42.7 Å². The van der Waals surface area contributed by atoms with Gasteiger partial charge in [-0.25, -0.2) is 0 Å². The Kier molecular flexibility index (Phi) is 5.26. The maximum Gasteiger partial charge on any atom is 0.253 e. The number of carbonyl (C=O) groups is 1. The number of amides is 1. The summed E-state index contributed by atoms with van der Waals surface area (Å²) in [5, 5.41) is 3.17. The first-order valence-corrected chi connectivity index (χ1v) is 8.70. The molecule has 3 rings (SSSR count). The number of carbonyl (C=O) groups excluding carboxylic acids is 1. The van der Waals surface area contributed by atoms with Crippen LogP contribution in [0.1, 0.15) is 41.6 Å². The summed E-state index contributed by atoms with van der Waals surface area (Å²) in [6.45, 7) is 2.69. The predicted octanol–water partition coefficient (Wildman–Crippen LogP) is 3.30. The van der Waals surface area contributed by atoms with Crippen molar-refractivity contribution in [3.8, 4) is 11.1 Å². The number of hydrogen-bond acceptors (Lipinski definition) is 3. The molecule has 1 heterocycles. The van der Waals surface area contributed by atoms with Crippen LogP contribution in [0.3, 0.4) is 0 Å². The number of aryl methyl sites for hydroxylation is 1. The standard InChI is InChI=1S/C20H25N3O/c1-14-6-8-15(9-7-14)17-10-18(13-22-12-17)20(24)23-19-5-3-2-4-16(19)11-21/h6-10,12-13,16,19H,2-5,11,21H2,1H3,(H,23,24). The van der Waals surface area contributed by atoms with Crippen molar-refractivity contribution in [1.82, 2.24) is 10.3 Å². The molecule has 126 valence electrons. The molecule has 2 unspecified atom stereocenters. The van der Waals surface area contributed by atoms with E-state index in [-0.39, 0.29) is 11.9 Å². The molecule has 1 saturated carbocycles. The molecule has 1 amide bonds. The van der Waals surface area contributed by atoms with E-state index in [0.29, 0.717) is 18.0 Å². The summed E-state index contributed by atoms with van der Waals surface area (Å²) < 4.78 is 0. The fourth-order valence-electron chi connectivity index (χ4n) is 3.40. The molecule has 1 aliphatic carbocycles. The van der Waals surface area contributed by atoms with Gasteiger partial charge in [-0.3, -0.25) is 9.78 Å². The van der Waals surface area contributed by atoms with Gasteiger partial charge in [0.05, 0.1) is 5.56 Å². The van der Waals surface area contributed by atoms with Crippen molar-refractivity contribution in [3.63, 3.8) is 0 Å². The van der Waals surface area contributed by atoms with Gasteiger partial charge in [0, 0.05) is 24.0 Å². The maximum absolute atomic E-state index is 12.6. The van der Waals surface area contributed by atoms with E-state index in [0.717, 1.165) is 30.4 Å². The predicted molar refractivity (Wildman–Crippen MR) is 96.7 cm³/mol. The van der Waals surface area contributed by atoms with Crippen molar-refractivity contribution in [2.24, 2.45) is 11.7 Å². The lowest BCUT2D eigenvalue weighted by molar-refractivity contribution is 0.0907. The number of aromatic nitrogens is 1. The SMILES string of the molecule is Cc1ccc(-c2cncc(C(=O)NC3CCCCC3CN)c2)cc1. The van der Waals surface area contributed by atoms with Crippen LogP contribution >= 0.6 is 0 Å². The van der Waals surface area contributed by atoms with Crippen molar-refractivity contribution in [2.75, 3.05) is 6.54 Å². The zero-order valence-corrected chi connectivity index (χ0v) is 14.2. The lowest BCUT2D eigenvalue weighted by Crippen LogP contribution is -2.44. The van der Waals surface area contributed by atoms with Crippen LogP contribution in [0.25, 0.3) is 11.1 Å². The van der Waals surface area contributed by atoms with E-state index in [2.05, 4.69) is 41.5 Å². The summed E-state index contributed by atoms with van der Waals surface area (Å²) in [5.41, 5.74) is 9.71. The first-order chi connectivity index (χ1) is 11.7. The molecule has 1 fully saturated rings. The molecule has 0 aliphatic heterocycles. The van der Waals surface area contributed by atoms with Crippen LogP contribution in [0.4, 0.5) is 0 Å². The highest BCUT2D eigenvalue weighted by Gasteiger charge is 2.25. The lowest BCUT2D eigenvalue weighted by Gasteiger charge is -2.31. The highest BCUT2D eigenvalue weighted by Crippen LogP contribution is 2.24. The van der Waals surface area contributed by atoms with Crippen LogP contribution in [0.15, 0.2) is 42.7 Å². The Morgan fingerprint density at radius 3 is 2.67 bits per heavy atom. The third-order valence-electron chi connectivity index (χ3n) is 4.91. The average molecular weight is 323 g/mol. The normalized spacial score (nSPS) is 20.6. The van der Waals surface area contributed by atoms with Crippen LogP contribution in [0, 0.1) is 12.8 Å². The van der Waals surface area contributed by atoms with Gasteiger partial charge in [0.25, 0.3) is 5.91 Å². The van der Waals surface area contributed by atoms with Crippen LogP contribution in [0.5, 0.6) is 0 Å². The largest absolute Gasteiger partial charge is 0.349 e. The number of rotatable bonds is 4.